The van der Waals surface area contributed by atoms with Crippen molar-refractivity contribution < 1.29 is 4.79 Å². The molecule has 2 rings (SSSR count). The summed E-state index contributed by atoms with van der Waals surface area (Å²) in [6.45, 7) is 2.83. The lowest BCUT2D eigenvalue weighted by atomic mass is 10.1. The van der Waals surface area contributed by atoms with Crippen LogP contribution in [-0.2, 0) is 6.54 Å². The van der Waals surface area contributed by atoms with E-state index in [4.69, 9.17) is 0 Å². The predicted molar refractivity (Wildman–Crippen MR) is 78.3 cm³/mol. The van der Waals surface area contributed by atoms with Crippen molar-refractivity contribution in [3.05, 3.63) is 65.2 Å². The Bertz CT molecular complexity index is 578. The zero-order chi connectivity index (χ0) is 13.7. The average Bonchev–Trinajstić information content (AvgIpc) is 2.45. The number of aryl methyl sites for hydroxylation is 1. The highest BCUT2D eigenvalue weighted by Crippen LogP contribution is 2.13. The number of anilines is 1. The fraction of sp³-hybridized carbons (Fsp3) is 0.188. The molecule has 3 heteroatoms. The molecule has 0 saturated carbocycles. The number of hydrogen-bond acceptors (Lipinski definition) is 2. The number of rotatable bonds is 4. The molecule has 98 valence electrons. The number of nitrogens with one attached hydrogen (secondary N) is 2. The van der Waals surface area contributed by atoms with Gasteiger partial charge in [0.2, 0.25) is 0 Å². The predicted octanol–water partition coefficient (Wildman–Crippen LogP) is 2.97. The van der Waals surface area contributed by atoms with Crippen LogP contribution in [0.25, 0.3) is 0 Å². The Labute approximate surface area is 113 Å². The second-order valence-corrected chi connectivity index (χ2v) is 4.50. The fourth-order valence-electron chi connectivity index (χ4n) is 1.94. The maximum absolute atomic E-state index is 11.5. The summed E-state index contributed by atoms with van der Waals surface area (Å²) in [5, 5.41) is 5.95. The van der Waals surface area contributed by atoms with Crippen LogP contribution in [0.3, 0.4) is 0 Å². The molecule has 0 bridgehead atoms. The molecule has 0 aromatic heterocycles. The van der Waals surface area contributed by atoms with E-state index in [1.165, 1.54) is 11.1 Å². The lowest BCUT2D eigenvalue weighted by Crippen LogP contribution is -2.17. The molecule has 0 saturated heterocycles. The van der Waals surface area contributed by atoms with Crippen molar-refractivity contribution in [1.82, 2.24) is 5.32 Å². The van der Waals surface area contributed by atoms with E-state index in [1.807, 2.05) is 24.3 Å². The third kappa shape index (κ3) is 3.58. The molecule has 1 amide bonds. The van der Waals surface area contributed by atoms with E-state index in [-0.39, 0.29) is 5.91 Å². The van der Waals surface area contributed by atoms with Crippen LogP contribution in [-0.4, -0.2) is 13.0 Å². The first-order valence-electron chi connectivity index (χ1n) is 6.30. The van der Waals surface area contributed by atoms with Crippen molar-refractivity contribution in [2.75, 3.05) is 12.4 Å². The van der Waals surface area contributed by atoms with Crippen LogP contribution < -0.4 is 10.6 Å². The topological polar surface area (TPSA) is 41.1 Å². The Morgan fingerprint density at radius 2 is 1.89 bits per heavy atom. The van der Waals surface area contributed by atoms with Gasteiger partial charge in [-0.3, -0.25) is 4.79 Å². The second kappa shape index (κ2) is 6.05. The number of amides is 1. The lowest BCUT2D eigenvalue weighted by molar-refractivity contribution is 0.0963. The minimum atomic E-state index is -0.0702. The first-order valence-corrected chi connectivity index (χ1v) is 6.30. The molecule has 0 atom stereocenters. The van der Waals surface area contributed by atoms with Gasteiger partial charge in [0.15, 0.2) is 0 Å². The number of benzene rings is 2. The third-order valence-corrected chi connectivity index (χ3v) is 2.93. The van der Waals surface area contributed by atoms with Crippen LogP contribution in [0.5, 0.6) is 0 Å². The highest BCUT2D eigenvalue weighted by atomic mass is 16.1. The summed E-state index contributed by atoms with van der Waals surface area (Å²) in [4.78, 5) is 11.5. The van der Waals surface area contributed by atoms with Crippen molar-refractivity contribution in [2.45, 2.75) is 13.5 Å². The third-order valence-electron chi connectivity index (χ3n) is 2.93. The Balaban J connectivity index is 2.05. The van der Waals surface area contributed by atoms with Crippen LogP contribution in [0.1, 0.15) is 21.5 Å². The quantitative estimate of drug-likeness (QED) is 0.880. The van der Waals surface area contributed by atoms with Gasteiger partial charge >= 0.3 is 0 Å². The molecule has 2 N–H and O–H groups in total. The Morgan fingerprint density at radius 1 is 1.11 bits per heavy atom. The molecule has 2 aromatic rings. The summed E-state index contributed by atoms with van der Waals surface area (Å²) in [5.74, 6) is -0.0702. The molecule has 0 fully saturated rings. The van der Waals surface area contributed by atoms with Gasteiger partial charge in [-0.15, -0.1) is 0 Å². The molecule has 3 nitrogen and oxygen atoms in total. The Morgan fingerprint density at radius 3 is 2.63 bits per heavy atom. The Kier molecular flexibility index (Phi) is 4.18. The summed E-state index contributed by atoms with van der Waals surface area (Å²) in [7, 11) is 1.63. The summed E-state index contributed by atoms with van der Waals surface area (Å²) in [5.41, 5.74) is 4.09. The molecule has 0 aliphatic rings. The zero-order valence-corrected chi connectivity index (χ0v) is 11.2. The normalized spacial score (nSPS) is 10.0. The molecule has 0 aliphatic heterocycles. The average molecular weight is 254 g/mol. The standard InChI is InChI=1S/C16H18N2O/c1-12-5-3-6-13(9-12)11-18-15-8-4-7-14(10-15)16(19)17-2/h3-10,18H,11H2,1-2H3,(H,17,19). The van der Waals surface area contributed by atoms with E-state index >= 15 is 0 Å². The summed E-state index contributed by atoms with van der Waals surface area (Å²) in [6, 6.07) is 15.9. The van der Waals surface area contributed by atoms with E-state index in [9.17, 15) is 4.79 Å². The molecule has 0 heterocycles. The van der Waals surface area contributed by atoms with Crippen LogP contribution in [0, 0.1) is 6.92 Å². The number of carbonyl (C=O) groups excluding carboxylic acids is 1. The first kappa shape index (κ1) is 13.1. The van der Waals surface area contributed by atoms with Crippen LogP contribution in [0.15, 0.2) is 48.5 Å². The van der Waals surface area contributed by atoms with Gasteiger partial charge in [-0.25, -0.2) is 0 Å². The van der Waals surface area contributed by atoms with E-state index in [1.54, 1.807) is 13.1 Å². The second-order valence-electron chi connectivity index (χ2n) is 4.50. The van der Waals surface area contributed by atoms with Crippen LogP contribution in [0.4, 0.5) is 5.69 Å². The molecule has 19 heavy (non-hydrogen) atoms. The summed E-state index contributed by atoms with van der Waals surface area (Å²) < 4.78 is 0. The van der Waals surface area contributed by atoms with Crippen molar-refractivity contribution in [1.29, 1.82) is 0 Å². The van der Waals surface area contributed by atoms with Gasteiger partial charge in [0, 0.05) is 24.8 Å². The molecule has 0 aliphatic carbocycles. The number of hydrogen-bond donors (Lipinski definition) is 2. The van der Waals surface area contributed by atoms with E-state index in [0.29, 0.717) is 5.56 Å². The van der Waals surface area contributed by atoms with Gasteiger partial charge in [-0.05, 0) is 30.7 Å². The van der Waals surface area contributed by atoms with Gasteiger partial charge in [0.05, 0.1) is 0 Å². The maximum atomic E-state index is 11.5. The highest BCUT2D eigenvalue weighted by Gasteiger charge is 2.03. The van der Waals surface area contributed by atoms with Gasteiger partial charge in [-0.1, -0.05) is 35.9 Å². The van der Waals surface area contributed by atoms with Gasteiger partial charge in [-0.2, -0.15) is 0 Å². The minimum Gasteiger partial charge on any atom is -0.381 e. The maximum Gasteiger partial charge on any atom is 0.251 e. The van der Waals surface area contributed by atoms with Crippen molar-refractivity contribution in [3.8, 4) is 0 Å². The monoisotopic (exact) mass is 254 g/mol. The molecule has 0 spiro atoms. The first-order chi connectivity index (χ1) is 9.19. The molecule has 2 aromatic carbocycles. The van der Waals surface area contributed by atoms with Crippen molar-refractivity contribution in [3.63, 3.8) is 0 Å². The smallest absolute Gasteiger partial charge is 0.251 e. The minimum absolute atomic E-state index is 0.0702. The molecule has 0 unspecified atom stereocenters. The Hall–Kier alpha value is -2.29. The van der Waals surface area contributed by atoms with E-state index in [2.05, 4.69) is 35.8 Å². The van der Waals surface area contributed by atoms with E-state index in [0.717, 1.165) is 12.2 Å². The highest BCUT2D eigenvalue weighted by molar-refractivity contribution is 5.94. The summed E-state index contributed by atoms with van der Waals surface area (Å²) >= 11 is 0. The summed E-state index contributed by atoms with van der Waals surface area (Å²) in [6.07, 6.45) is 0. The van der Waals surface area contributed by atoms with Crippen LogP contribution >= 0.6 is 0 Å². The molecular weight excluding hydrogens is 236 g/mol. The van der Waals surface area contributed by atoms with Crippen molar-refractivity contribution >= 4 is 11.6 Å². The zero-order valence-electron chi connectivity index (χ0n) is 11.2. The molecular formula is C16H18N2O. The van der Waals surface area contributed by atoms with Gasteiger partial charge < -0.3 is 10.6 Å². The lowest BCUT2D eigenvalue weighted by Gasteiger charge is -2.08. The fourth-order valence-corrected chi connectivity index (χ4v) is 1.94. The van der Waals surface area contributed by atoms with E-state index < -0.39 is 0 Å². The van der Waals surface area contributed by atoms with Gasteiger partial charge in [0.25, 0.3) is 5.91 Å². The largest absolute Gasteiger partial charge is 0.381 e. The van der Waals surface area contributed by atoms with Crippen molar-refractivity contribution in [2.24, 2.45) is 0 Å². The molecule has 0 radical (unpaired) electrons. The SMILES string of the molecule is CNC(=O)c1cccc(NCc2cccc(C)c2)c1. The number of carbonyl (C=O) groups is 1. The van der Waals surface area contributed by atoms with Gasteiger partial charge in [0.1, 0.15) is 0 Å². The van der Waals surface area contributed by atoms with Crippen LogP contribution in [0.2, 0.25) is 0 Å².